The minimum Gasteiger partial charge on any atom is -0.490 e. The van der Waals surface area contributed by atoms with Crippen molar-refractivity contribution in [2.24, 2.45) is 5.92 Å². The number of nitrogens with one attached hydrogen (secondary N) is 2. The van der Waals surface area contributed by atoms with Crippen LogP contribution >= 0.6 is 0 Å². The Morgan fingerprint density at radius 3 is 2.84 bits per heavy atom. The molecule has 2 N–H and O–H groups in total. The van der Waals surface area contributed by atoms with E-state index < -0.39 is 39.6 Å². The number of rotatable bonds is 10. The van der Waals surface area contributed by atoms with E-state index in [0.29, 0.717) is 18.1 Å². The zero-order valence-electron chi connectivity index (χ0n) is 17.3. The number of carbonyl (C=O) groups excluding carboxylic acids is 2. The molecule has 1 aromatic carbocycles. The fourth-order valence-electron chi connectivity index (χ4n) is 3.23. The number of carbonyl (C=O) groups is 2. The zero-order valence-corrected chi connectivity index (χ0v) is 18.2. The molecule has 1 aromatic heterocycles. The van der Waals surface area contributed by atoms with Gasteiger partial charge in [0.15, 0.2) is 11.6 Å². The summed E-state index contributed by atoms with van der Waals surface area (Å²) in [4.78, 5) is 28.1. The van der Waals surface area contributed by atoms with Gasteiger partial charge in [0, 0.05) is 6.04 Å². The van der Waals surface area contributed by atoms with Gasteiger partial charge in [0.1, 0.15) is 18.6 Å². The highest BCUT2D eigenvalue weighted by Gasteiger charge is 2.28. The summed E-state index contributed by atoms with van der Waals surface area (Å²) >= 11 is 0. The first kappa shape index (κ1) is 22.2. The fraction of sp³-hybridized carbons (Fsp3) is 0.450. The number of imide groups is 1. The lowest BCUT2D eigenvalue weighted by Gasteiger charge is -2.16. The smallest absolute Gasteiger partial charge is 0.325 e. The van der Waals surface area contributed by atoms with Crippen molar-refractivity contribution in [3.05, 3.63) is 47.4 Å². The van der Waals surface area contributed by atoms with Crippen molar-refractivity contribution in [2.75, 3.05) is 13.2 Å². The molecule has 2 fully saturated rings. The van der Waals surface area contributed by atoms with Gasteiger partial charge in [0.2, 0.25) is 21.8 Å². The third kappa shape index (κ3) is 5.62. The summed E-state index contributed by atoms with van der Waals surface area (Å²) in [6.07, 6.45) is 3.34. The summed E-state index contributed by atoms with van der Waals surface area (Å²) in [5, 5.41) is 2.13. The summed E-state index contributed by atoms with van der Waals surface area (Å²) < 4.78 is 52.5. The molecule has 0 spiro atoms. The Balaban J connectivity index is 1.36. The lowest BCUT2D eigenvalue weighted by Crippen LogP contribution is -2.28. The summed E-state index contributed by atoms with van der Waals surface area (Å²) in [5.74, 6) is -0.688. The van der Waals surface area contributed by atoms with E-state index in [4.69, 9.17) is 9.15 Å². The lowest BCUT2D eigenvalue weighted by molar-refractivity contribution is -0.118. The van der Waals surface area contributed by atoms with Crippen LogP contribution in [0.15, 0.2) is 28.9 Å². The fourth-order valence-corrected chi connectivity index (χ4v) is 4.51. The van der Waals surface area contributed by atoms with E-state index in [2.05, 4.69) is 15.0 Å². The Bertz CT molecular complexity index is 1130. The van der Waals surface area contributed by atoms with Crippen LogP contribution in [0.4, 0.5) is 9.18 Å². The van der Waals surface area contributed by atoms with Crippen LogP contribution in [0.2, 0.25) is 0 Å². The Hall–Kier alpha value is -2.99. The van der Waals surface area contributed by atoms with Gasteiger partial charge < -0.3 is 14.1 Å². The Morgan fingerprint density at radius 2 is 2.16 bits per heavy atom. The minimum absolute atomic E-state index is 0.0549. The molecule has 1 aliphatic carbocycles. The van der Waals surface area contributed by atoms with Gasteiger partial charge in [-0.05, 0) is 43.4 Å². The number of hydrogen-bond acceptors (Lipinski definition) is 7. The quantitative estimate of drug-likeness (QED) is 0.511. The van der Waals surface area contributed by atoms with E-state index in [1.165, 1.54) is 29.4 Å². The summed E-state index contributed by atoms with van der Waals surface area (Å²) in [5.41, 5.74) is 0.713. The molecule has 1 saturated carbocycles. The monoisotopic (exact) mass is 466 g/mol. The number of ether oxygens (including phenoxy) is 1. The molecule has 2 aliphatic rings. The van der Waals surface area contributed by atoms with E-state index in [1.807, 2.05) is 0 Å². The molecule has 4 rings (SSSR count). The molecular weight excluding hydrogens is 443 g/mol. The topological polar surface area (TPSA) is 131 Å². The molecule has 1 saturated heterocycles. The van der Waals surface area contributed by atoms with Crippen molar-refractivity contribution in [3.63, 3.8) is 0 Å². The molecule has 0 bridgehead atoms. The standard InChI is InChI=1S/C20H23FN4O6S/c1-12(14-4-5-16(21)17(6-14)30-9-13-2-3-13)24-32(28,29)11-15-10-31-19(22-15)8-25-7-18(26)23-20(25)27/h4-6,10,12-13,24H,2-3,7-9,11H2,1H3,(H,23,26,27). The number of amides is 3. The molecule has 1 atom stereocenters. The highest BCUT2D eigenvalue weighted by molar-refractivity contribution is 7.88. The Kier molecular flexibility index (Phi) is 6.15. The predicted molar refractivity (Wildman–Crippen MR) is 109 cm³/mol. The molecule has 3 amide bonds. The van der Waals surface area contributed by atoms with E-state index in [-0.39, 0.29) is 30.4 Å². The average Bonchev–Trinajstić information content (AvgIpc) is 3.36. The summed E-state index contributed by atoms with van der Waals surface area (Å²) in [6, 6.07) is 3.07. The maximum absolute atomic E-state index is 14.0. The number of urea groups is 1. The van der Waals surface area contributed by atoms with Crippen LogP contribution in [0.1, 0.15) is 43.0 Å². The second-order valence-corrected chi connectivity index (χ2v) is 9.74. The number of hydrogen-bond donors (Lipinski definition) is 2. The summed E-state index contributed by atoms with van der Waals surface area (Å²) in [6.45, 7) is 1.92. The van der Waals surface area contributed by atoms with Crippen LogP contribution in [0, 0.1) is 11.7 Å². The van der Waals surface area contributed by atoms with E-state index in [1.54, 1.807) is 6.92 Å². The number of sulfonamides is 1. The van der Waals surface area contributed by atoms with Crippen molar-refractivity contribution in [1.82, 2.24) is 19.9 Å². The van der Waals surface area contributed by atoms with Gasteiger partial charge in [-0.15, -0.1) is 0 Å². The lowest BCUT2D eigenvalue weighted by atomic mass is 10.1. The van der Waals surface area contributed by atoms with Crippen LogP contribution in [0.25, 0.3) is 0 Å². The van der Waals surface area contributed by atoms with E-state index in [0.717, 1.165) is 12.8 Å². The molecule has 172 valence electrons. The maximum Gasteiger partial charge on any atom is 0.325 e. The van der Waals surface area contributed by atoms with Gasteiger partial charge >= 0.3 is 6.03 Å². The number of nitrogens with zero attached hydrogens (tertiary/aromatic N) is 2. The van der Waals surface area contributed by atoms with Crippen LogP contribution in [0.5, 0.6) is 5.75 Å². The Labute approximate surface area is 184 Å². The molecular formula is C20H23FN4O6S. The number of oxazole rings is 1. The van der Waals surface area contributed by atoms with Crippen molar-refractivity contribution in [3.8, 4) is 5.75 Å². The van der Waals surface area contributed by atoms with Gasteiger partial charge in [0.25, 0.3) is 0 Å². The molecule has 10 nitrogen and oxygen atoms in total. The normalized spacial score (nSPS) is 17.5. The molecule has 1 unspecified atom stereocenters. The zero-order chi connectivity index (χ0) is 22.9. The van der Waals surface area contributed by atoms with Gasteiger partial charge in [-0.25, -0.2) is 27.3 Å². The van der Waals surface area contributed by atoms with Crippen molar-refractivity contribution >= 4 is 22.0 Å². The van der Waals surface area contributed by atoms with Crippen LogP contribution in [-0.4, -0.2) is 43.4 Å². The van der Waals surface area contributed by atoms with Crippen molar-refractivity contribution in [1.29, 1.82) is 0 Å². The van der Waals surface area contributed by atoms with Gasteiger partial charge in [-0.1, -0.05) is 6.07 Å². The Morgan fingerprint density at radius 1 is 1.38 bits per heavy atom. The third-order valence-electron chi connectivity index (χ3n) is 5.11. The first-order chi connectivity index (χ1) is 15.2. The third-order valence-corrected chi connectivity index (χ3v) is 6.50. The highest BCUT2D eigenvalue weighted by Crippen LogP contribution is 2.31. The molecule has 0 radical (unpaired) electrons. The first-order valence-electron chi connectivity index (χ1n) is 10.1. The first-order valence-corrected chi connectivity index (χ1v) is 11.8. The minimum atomic E-state index is -3.81. The SMILES string of the molecule is CC(NS(=O)(=O)Cc1coc(CN2CC(=O)NC2=O)n1)c1ccc(F)c(OCC2CC2)c1. The maximum atomic E-state index is 14.0. The van der Waals surface area contributed by atoms with Crippen LogP contribution in [-0.2, 0) is 27.1 Å². The molecule has 1 aliphatic heterocycles. The van der Waals surface area contributed by atoms with E-state index in [9.17, 15) is 22.4 Å². The van der Waals surface area contributed by atoms with Crippen molar-refractivity contribution in [2.45, 2.75) is 38.1 Å². The second-order valence-electron chi connectivity index (χ2n) is 7.98. The molecule has 2 aromatic rings. The van der Waals surface area contributed by atoms with E-state index >= 15 is 0 Å². The molecule has 12 heteroatoms. The van der Waals surface area contributed by atoms with Gasteiger partial charge in [-0.2, -0.15) is 0 Å². The average molecular weight is 466 g/mol. The number of benzene rings is 1. The van der Waals surface area contributed by atoms with Crippen LogP contribution < -0.4 is 14.8 Å². The number of aromatic nitrogens is 1. The molecule has 2 heterocycles. The molecule has 32 heavy (non-hydrogen) atoms. The van der Waals surface area contributed by atoms with Crippen molar-refractivity contribution < 1.29 is 31.6 Å². The summed E-state index contributed by atoms with van der Waals surface area (Å²) in [7, 11) is -3.81. The number of halogens is 1. The predicted octanol–water partition coefficient (Wildman–Crippen LogP) is 1.83. The van der Waals surface area contributed by atoms with Crippen LogP contribution in [0.3, 0.4) is 0 Å². The van der Waals surface area contributed by atoms with Gasteiger partial charge in [-0.3, -0.25) is 10.1 Å². The second kappa shape index (κ2) is 8.87. The largest absolute Gasteiger partial charge is 0.490 e. The van der Waals surface area contributed by atoms with Gasteiger partial charge in [0.05, 0.1) is 18.8 Å². The highest BCUT2D eigenvalue weighted by atomic mass is 32.2.